The van der Waals surface area contributed by atoms with Crippen molar-refractivity contribution in [1.29, 1.82) is 0 Å². The van der Waals surface area contributed by atoms with Gasteiger partial charge >= 0.3 is 0 Å². The fourth-order valence-corrected chi connectivity index (χ4v) is 4.63. The van der Waals surface area contributed by atoms with Gasteiger partial charge in [0.2, 0.25) is 0 Å². The molecule has 1 saturated heterocycles. The first kappa shape index (κ1) is 19.6. The van der Waals surface area contributed by atoms with Gasteiger partial charge in [0.15, 0.2) is 0 Å². The lowest BCUT2D eigenvalue weighted by atomic mass is 9.98. The highest BCUT2D eigenvalue weighted by Gasteiger charge is 2.18. The first-order valence-electron chi connectivity index (χ1n) is 10.9. The lowest BCUT2D eigenvalue weighted by molar-refractivity contribution is 0.0992. The van der Waals surface area contributed by atoms with E-state index in [0.717, 1.165) is 41.8 Å². The minimum Gasteiger partial charge on any atom is -0.364 e. The van der Waals surface area contributed by atoms with Crippen molar-refractivity contribution in [3.8, 4) is 11.1 Å². The van der Waals surface area contributed by atoms with Crippen molar-refractivity contribution >= 4 is 16.7 Å². The number of hydrogen-bond donors (Lipinski definition) is 2. The van der Waals surface area contributed by atoms with Crippen LogP contribution < -0.4 is 11.1 Å². The molecule has 1 aliphatic heterocycles. The fourth-order valence-electron chi connectivity index (χ4n) is 4.63. The number of nitrogens with one attached hydrogen (secondary N) is 1. The third-order valence-corrected chi connectivity index (χ3v) is 6.29. The second-order valence-electron chi connectivity index (χ2n) is 8.36. The van der Waals surface area contributed by atoms with Gasteiger partial charge in [0.25, 0.3) is 5.91 Å². The summed E-state index contributed by atoms with van der Waals surface area (Å²) >= 11 is 0. The Hall–Kier alpha value is -3.38. The molecule has 0 atom stereocenters. The molecule has 5 rings (SSSR count). The molecule has 31 heavy (non-hydrogen) atoms. The lowest BCUT2D eigenvalue weighted by Crippen LogP contribution is -2.30. The summed E-state index contributed by atoms with van der Waals surface area (Å²) in [6.45, 7) is 3.67. The molecule has 0 aliphatic carbocycles. The van der Waals surface area contributed by atoms with Crippen molar-refractivity contribution in [2.75, 3.05) is 13.1 Å². The van der Waals surface area contributed by atoms with Crippen LogP contribution in [0, 0.1) is 5.92 Å². The maximum atomic E-state index is 12.2. The largest absolute Gasteiger partial charge is 0.364 e. The van der Waals surface area contributed by atoms with Crippen molar-refractivity contribution in [2.45, 2.75) is 25.9 Å². The number of rotatable bonds is 6. The number of amides is 1. The number of carbonyl (C=O) groups is 1. The molecule has 0 spiro atoms. The molecule has 3 heterocycles. The summed E-state index contributed by atoms with van der Waals surface area (Å²) in [6, 6.07) is 16.4. The molecule has 158 valence electrons. The van der Waals surface area contributed by atoms with E-state index in [-0.39, 0.29) is 0 Å². The molecule has 0 radical (unpaired) electrons. The van der Waals surface area contributed by atoms with Gasteiger partial charge in [-0.3, -0.25) is 4.79 Å². The van der Waals surface area contributed by atoms with Crippen LogP contribution in [0.3, 0.4) is 0 Å². The van der Waals surface area contributed by atoms with E-state index in [1.165, 1.54) is 18.2 Å². The van der Waals surface area contributed by atoms with E-state index in [2.05, 4.69) is 39.1 Å². The van der Waals surface area contributed by atoms with Crippen molar-refractivity contribution in [3.05, 3.63) is 78.6 Å². The second-order valence-corrected chi connectivity index (χ2v) is 8.36. The van der Waals surface area contributed by atoms with Crippen LogP contribution in [-0.4, -0.2) is 33.1 Å². The topological polar surface area (TPSA) is 77.9 Å². The fraction of sp³-hybridized carbons (Fsp3) is 0.280. The maximum absolute atomic E-state index is 12.2. The number of nitrogens with zero attached hydrogens (tertiary/aromatic N) is 3. The maximum Gasteiger partial charge on any atom is 0.265 e. The number of piperidine rings is 1. The summed E-state index contributed by atoms with van der Waals surface area (Å²) in [5.41, 5.74) is 9.44. The first-order chi connectivity index (χ1) is 15.2. The van der Waals surface area contributed by atoms with Gasteiger partial charge < -0.3 is 20.2 Å². The highest BCUT2D eigenvalue weighted by atomic mass is 16.1. The Kier molecular flexibility index (Phi) is 5.30. The summed E-state index contributed by atoms with van der Waals surface area (Å²) < 4.78 is 4.17. The predicted octanol–water partition coefficient (Wildman–Crippen LogP) is 3.65. The zero-order valence-electron chi connectivity index (χ0n) is 17.5. The summed E-state index contributed by atoms with van der Waals surface area (Å²) in [6.07, 6.45) is 8.18. The molecule has 2 aromatic heterocycles. The van der Waals surface area contributed by atoms with Gasteiger partial charge in [-0.05, 0) is 54.3 Å². The Balaban J connectivity index is 1.47. The number of aromatic nitrogens is 3. The van der Waals surface area contributed by atoms with E-state index >= 15 is 0 Å². The molecular weight excluding hydrogens is 386 g/mol. The van der Waals surface area contributed by atoms with Gasteiger partial charge in [0.1, 0.15) is 5.69 Å². The molecular formula is C25H27N5O. The number of benzene rings is 2. The van der Waals surface area contributed by atoms with E-state index in [9.17, 15) is 4.79 Å². The smallest absolute Gasteiger partial charge is 0.265 e. The van der Waals surface area contributed by atoms with E-state index in [4.69, 9.17) is 5.73 Å². The number of fused-ring (bicyclic) bond motifs is 1. The van der Waals surface area contributed by atoms with Gasteiger partial charge in [-0.2, -0.15) is 0 Å². The van der Waals surface area contributed by atoms with E-state index in [0.29, 0.717) is 18.2 Å². The minimum absolute atomic E-state index is 0.420. The van der Waals surface area contributed by atoms with Gasteiger partial charge in [-0.1, -0.05) is 42.5 Å². The molecule has 6 heteroatoms. The molecule has 1 amide bonds. The molecule has 1 fully saturated rings. The molecule has 2 aromatic carbocycles. The standard InChI is InChI=1S/C25H27N5O/c26-25(31)24-12-20(23-7-3-5-19-4-1-2-6-22(19)23)15-29(24)16-21-13-28-17-30(21)14-18-8-10-27-11-9-18/h1-7,12-13,15,17-18,27H,8-11,14,16H2,(H2,26,31). The third-order valence-electron chi connectivity index (χ3n) is 6.29. The number of primary amides is 1. The summed E-state index contributed by atoms with van der Waals surface area (Å²) in [5.74, 6) is 0.233. The SMILES string of the molecule is NC(=O)c1cc(-c2cccc3ccccc23)cn1Cc1cncn1CC1CCNCC1. The van der Waals surface area contributed by atoms with Crippen LogP contribution >= 0.6 is 0 Å². The van der Waals surface area contributed by atoms with Crippen molar-refractivity contribution < 1.29 is 4.79 Å². The van der Waals surface area contributed by atoms with E-state index in [1.807, 2.05) is 47.6 Å². The Labute approximate surface area is 181 Å². The van der Waals surface area contributed by atoms with Gasteiger partial charge in [-0.15, -0.1) is 0 Å². The third kappa shape index (κ3) is 3.99. The normalized spacial score (nSPS) is 14.8. The van der Waals surface area contributed by atoms with E-state index < -0.39 is 5.91 Å². The summed E-state index contributed by atoms with van der Waals surface area (Å²) in [5, 5.41) is 5.75. The minimum atomic E-state index is -0.420. The second kappa shape index (κ2) is 8.40. The number of nitrogens with two attached hydrogens (primary N) is 1. The Morgan fingerprint density at radius 1 is 1.10 bits per heavy atom. The number of carbonyl (C=O) groups excluding carboxylic acids is 1. The molecule has 3 N–H and O–H groups in total. The van der Waals surface area contributed by atoms with Crippen LogP contribution in [0.25, 0.3) is 21.9 Å². The quantitative estimate of drug-likeness (QED) is 0.506. The predicted molar refractivity (Wildman–Crippen MR) is 123 cm³/mol. The van der Waals surface area contributed by atoms with Gasteiger partial charge in [0, 0.05) is 24.5 Å². The molecule has 0 saturated carbocycles. The van der Waals surface area contributed by atoms with Crippen molar-refractivity contribution in [3.63, 3.8) is 0 Å². The summed E-state index contributed by atoms with van der Waals surface area (Å²) in [4.78, 5) is 16.6. The van der Waals surface area contributed by atoms with Crippen molar-refractivity contribution in [2.24, 2.45) is 11.7 Å². The van der Waals surface area contributed by atoms with Crippen LogP contribution in [0.1, 0.15) is 29.0 Å². The highest BCUT2D eigenvalue weighted by molar-refractivity contribution is 5.99. The Morgan fingerprint density at radius 2 is 1.90 bits per heavy atom. The number of hydrogen-bond acceptors (Lipinski definition) is 3. The van der Waals surface area contributed by atoms with Crippen LogP contribution in [-0.2, 0) is 13.1 Å². The molecule has 4 aromatic rings. The van der Waals surface area contributed by atoms with Crippen LogP contribution in [0.4, 0.5) is 0 Å². The van der Waals surface area contributed by atoms with E-state index in [1.54, 1.807) is 0 Å². The van der Waals surface area contributed by atoms with Crippen LogP contribution in [0.2, 0.25) is 0 Å². The number of imidazole rings is 1. The van der Waals surface area contributed by atoms with Crippen molar-refractivity contribution in [1.82, 2.24) is 19.4 Å². The van der Waals surface area contributed by atoms with Gasteiger partial charge in [-0.25, -0.2) is 4.98 Å². The average Bonchev–Trinajstić information content (AvgIpc) is 3.41. The van der Waals surface area contributed by atoms with Crippen LogP contribution in [0.15, 0.2) is 67.3 Å². The summed E-state index contributed by atoms with van der Waals surface area (Å²) in [7, 11) is 0. The monoisotopic (exact) mass is 413 g/mol. The first-order valence-corrected chi connectivity index (χ1v) is 10.9. The Bertz CT molecular complexity index is 1210. The molecule has 0 bridgehead atoms. The zero-order valence-corrected chi connectivity index (χ0v) is 17.5. The molecule has 6 nitrogen and oxygen atoms in total. The van der Waals surface area contributed by atoms with Gasteiger partial charge in [0.05, 0.1) is 18.6 Å². The average molecular weight is 414 g/mol. The van der Waals surface area contributed by atoms with Crippen LogP contribution in [0.5, 0.6) is 0 Å². The highest BCUT2D eigenvalue weighted by Crippen LogP contribution is 2.30. The molecule has 0 unspecified atom stereocenters. The molecule has 1 aliphatic rings. The lowest BCUT2D eigenvalue weighted by Gasteiger charge is -2.23. The Morgan fingerprint density at radius 3 is 2.74 bits per heavy atom. The zero-order chi connectivity index (χ0) is 21.2.